The fourth-order valence-electron chi connectivity index (χ4n) is 4.46. The lowest BCUT2D eigenvalue weighted by molar-refractivity contribution is -0.138. The van der Waals surface area contributed by atoms with E-state index >= 15 is 0 Å². The number of methoxy groups -OCH3 is 1. The normalized spacial score (nSPS) is 11.6. The van der Waals surface area contributed by atoms with E-state index in [1.54, 1.807) is 31.6 Å². The number of halogens is 3. The number of nitrogens with one attached hydrogen (secondary N) is 1. The van der Waals surface area contributed by atoms with Gasteiger partial charge in [0.2, 0.25) is 0 Å². The zero-order chi connectivity index (χ0) is 27.7. The maximum atomic E-state index is 13.3. The third-order valence-electron chi connectivity index (χ3n) is 6.41. The highest BCUT2D eigenvalue weighted by atomic mass is 19.4. The SMILES string of the molecule is COc1c[nH]nc1-c1cc(C)nc2c(OCc3c(C)ccnc3Cn3cccc(C(F)(F)F)c3=O)cccc12. The molecule has 1 aromatic carbocycles. The highest BCUT2D eigenvalue weighted by Crippen LogP contribution is 2.36. The number of alkyl halides is 3. The molecule has 0 aliphatic rings. The molecular weight excluding hydrogens is 511 g/mol. The third-order valence-corrected chi connectivity index (χ3v) is 6.41. The Labute approximate surface area is 221 Å². The van der Waals surface area contributed by atoms with E-state index in [2.05, 4.69) is 15.2 Å². The molecular formula is C28H24F3N5O3. The molecule has 0 atom stereocenters. The molecule has 4 heterocycles. The molecule has 5 rings (SSSR count). The smallest absolute Gasteiger partial charge is 0.421 e. The van der Waals surface area contributed by atoms with Crippen LogP contribution in [0.4, 0.5) is 13.2 Å². The number of H-pyrrole nitrogens is 1. The van der Waals surface area contributed by atoms with Gasteiger partial charge in [0.05, 0.1) is 25.5 Å². The van der Waals surface area contributed by atoms with Gasteiger partial charge in [-0.25, -0.2) is 4.98 Å². The summed E-state index contributed by atoms with van der Waals surface area (Å²) in [6, 6.07) is 11.2. The van der Waals surface area contributed by atoms with Crippen molar-refractivity contribution in [1.82, 2.24) is 24.7 Å². The molecule has 0 unspecified atom stereocenters. The van der Waals surface area contributed by atoms with Crippen LogP contribution in [-0.2, 0) is 19.3 Å². The summed E-state index contributed by atoms with van der Waals surface area (Å²) in [5, 5.41) is 7.97. The predicted molar refractivity (Wildman–Crippen MR) is 139 cm³/mol. The summed E-state index contributed by atoms with van der Waals surface area (Å²) in [7, 11) is 1.57. The monoisotopic (exact) mass is 535 g/mol. The third kappa shape index (κ3) is 5.07. The topological polar surface area (TPSA) is 94.9 Å². The van der Waals surface area contributed by atoms with Gasteiger partial charge in [-0.15, -0.1) is 0 Å². The number of nitrogens with zero attached hydrogens (tertiary/aromatic N) is 4. The van der Waals surface area contributed by atoms with Crippen LogP contribution in [0, 0.1) is 13.8 Å². The van der Waals surface area contributed by atoms with E-state index in [0.717, 1.165) is 32.8 Å². The first-order valence-corrected chi connectivity index (χ1v) is 12.0. The molecule has 4 aromatic heterocycles. The number of aromatic amines is 1. The van der Waals surface area contributed by atoms with Crippen molar-refractivity contribution in [1.29, 1.82) is 0 Å². The Morgan fingerprint density at radius 1 is 1.08 bits per heavy atom. The number of rotatable bonds is 7. The van der Waals surface area contributed by atoms with Gasteiger partial charge in [0.25, 0.3) is 5.56 Å². The number of aryl methyl sites for hydroxylation is 2. The largest absolute Gasteiger partial charge is 0.493 e. The number of para-hydroxylation sites is 1. The van der Waals surface area contributed by atoms with Gasteiger partial charge in [-0.3, -0.25) is 14.9 Å². The lowest BCUT2D eigenvalue weighted by Crippen LogP contribution is -2.29. The molecule has 0 spiro atoms. The Morgan fingerprint density at radius 2 is 1.90 bits per heavy atom. The number of benzene rings is 1. The summed E-state index contributed by atoms with van der Waals surface area (Å²) in [6.07, 6.45) is -0.211. The van der Waals surface area contributed by atoms with Gasteiger partial charge >= 0.3 is 6.18 Å². The average molecular weight is 536 g/mol. The van der Waals surface area contributed by atoms with Gasteiger partial charge in [0, 0.05) is 34.6 Å². The predicted octanol–water partition coefficient (Wildman–Crippen LogP) is 5.45. The van der Waals surface area contributed by atoms with Crippen LogP contribution in [0.25, 0.3) is 22.2 Å². The van der Waals surface area contributed by atoms with Crippen molar-refractivity contribution in [3.63, 3.8) is 0 Å². The lowest BCUT2D eigenvalue weighted by Gasteiger charge is -2.16. The van der Waals surface area contributed by atoms with Crippen molar-refractivity contribution < 1.29 is 22.6 Å². The van der Waals surface area contributed by atoms with Crippen molar-refractivity contribution in [2.45, 2.75) is 33.2 Å². The van der Waals surface area contributed by atoms with E-state index < -0.39 is 17.3 Å². The Hall–Kier alpha value is -4.67. The Morgan fingerprint density at radius 3 is 2.67 bits per heavy atom. The van der Waals surface area contributed by atoms with Crippen molar-refractivity contribution in [2.75, 3.05) is 7.11 Å². The lowest BCUT2D eigenvalue weighted by atomic mass is 10.0. The number of aromatic nitrogens is 5. The van der Waals surface area contributed by atoms with Crippen LogP contribution in [0.1, 0.15) is 28.1 Å². The fraction of sp³-hybridized carbons (Fsp3) is 0.214. The van der Waals surface area contributed by atoms with E-state index in [0.29, 0.717) is 34.0 Å². The molecule has 200 valence electrons. The zero-order valence-electron chi connectivity index (χ0n) is 21.3. The Kier molecular flexibility index (Phi) is 6.81. The number of hydrogen-bond donors (Lipinski definition) is 1. The first-order chi connectivity index (χ1) is 18.7. The van der Waals surface area contributed by atoms with Crippen molar-refractivity contribution in [2.24, 2.45) is 0 Å². The maximum Gasteiger partial charge on any atom is 0.421 e. The van der Waals surface area contributed by atoms with E-state index in [9.17, 15) is 18.0 Å². The second-order valence-corrected chi connectivity index (χ2v) is 8.96. The molecule has 0 aliphatic carbocycles. The summed E-state index contributed by atoms with van der Waals surface area (Å²) in [6.45, 7) is 3.65. The number of pyridine rings is 3. The molecule has 0 amide bonds. The highest BCUT2D eigenvalue weighted by molar-refractivity contribution is 5.97. The first kappa shape index (κ1) is 26.0. The number of ether oxygens (including phenoxy) is 2. The van der Waals surface area contributed by atoms with Gasteiger partial charge in [0.1, 0.15) is 29.1 Å². The van der Waals surface area contributed by atoms with E-state index in [4.69, 9.17) is 14.5 Å². The minimum absolute atomic E-state index is 0.0680. The summed E-state index contributed by atoms with van der Waals surface area (Å²) in [4.78, 5) is 21.6. The van der Waals surface area contributed by atoms with Crippen LogP contribution in [0.2, 0.25) is 0 Å². The summed E-state index contributed by atoms with van der Waals surface area (Å²) < 4.78 is 52.5. The van der Waals surface area contributed by atoms with Crippen LogP contribution < -0.4 is 15.0 Å². The van der Waals surface area contributed by atoms with Crippen molar-refractivity contribution in [3.8, 4) is 22.8 Å². The van der Waals surface area contributed by atoms with E-state index in [1.807, 2.05) is 32.0 Å². The van der Waals surface area contributed by atoms with Crippen LogP contribution in [0.3, 0.4) is 0 Å². The minimum atomic E-state index is -4.75. The van der Waals surface area contributed by atoms with Crippen LogP contribution >= 0.6 is 0 Å². The molecule has 5 aromatic rings. The molecule has 0 saturated heterocycles. The minimum Gasteiger partial charge on any atom is -0.493 e. The van der Waals surface area contributed by atoms with Gasteiger partial charge in [-0.05, 0) is 49.7 Å². The van der Waals surface area contributed by atoms with Crippen LogP contribution in [0.15, 0.2) is 65.8 Å². The Bertz CT molecular complexity index is 1730. The summed E-state index contributed by atoms with van der Waals surface area (Å²) >= 11 is 0. The van der Waals surface area contributed by atoms with Crippen LogP contribution in [0.5, 0.6) is 11.5 Å². The van der Waals surface area contributed by atoms with Crippen molar-refractivity contribution in [3.05, 3.63) is 99.5 Å². The highest BCUT2D eigenvalue weighted by Gasteiger charge is 2.34. The molecule has 0 fully saturated rings. The van der Waals surface area contributed by atoms with E-state index in [1.165, 1.54) is 12.3 Å². The molecule has 0 saturated carbocycles. The fourth-order valence-corrected chi connectivity index (χ4v) is 4.46. The zero-order valence-corrected chi connectivity index (χ0v) is 21.3. The molecule has 39 heavy (non-hydrogen) atoms. The second kappa shape index (κ2) is 10.2. The van der Waals surface area contributed by atoms with Gasteiger partial charge in [-0.1, -0.05) is 12.1 Å². The van der Waals surface area contributed by atoms with Gasteiger partial charge in [-0.2, -0.15) is 18.3 Å². The first-order valence-electron chi connectivity index (χ1n) is 12.0. The molecule has 11 heteroatoms. The summed E-state index contributed by atoms with van der Waals surface area (Å²) in [5.41, 5.74) is 2.41. The van der Waals surface area contributed by atoms with Crippen molar-refractivity contribution >= 4 is 10.9 Å². The number of fused-ring (bicyclic) bond motifs is 1. The van der Waals surface area contributed by atoms with E-state index in [-0.39, 0.29) is 13.2 Å². The molecule has 8 nitrogen and oxygen atoms in total. The Balaban J connectivity index is 1.50. The summed E-state index contributed by atoms with van der Waals surface area (Å²) in [5.74, 6) is 1.10. The molecule has 0 radical (unpaired) electrons. The molecule has 1 N–H and O–H groups in total. The van der Waals surface area contributed by atoms with Crippen LogP contribution in [-0.4, -0.2) is 31.8 Å². The van der Waals surface area contributed by atoms with Gasteiger partial charge < -0.3 is 14.0 Å². The maximum absolute atomic E-state index is 13.3. The number of hydrogen-bond acceptors (Lipinski definition) is 6. The molecule has 0 bridgehead atoms. The van der Waals surface area contributed by atoms with Gasteiger partial charge in [0.15, 0.2) is 5.75 Å². The quantitative estimate of drug-likeness (QED) is 0.298. The molecule has 0 aliphatic heterocycles. The average Bonchev–Trinajstić information content (AvgIpc) is 3.37. The standard InChI is InChI=1S/C28H24F3N5O3/c1-16-9-10-32-22(14-36-11-5-7-21(27(36)37)28(29,30)31)20(16)15-39-23-8-4-6-18-19(12-17(2)34-25(18)23)26-24(38-3)13-33-35-26/h4-13H,14-15H2,1-3H3,(H,33,35). The second-order valence-electron chi connectivity index (χ2n) is 8.96.